The molecule has 0 radical (unpaired) electrons. The van der Waals surface area contributed by atoms with Crippen molar-refractivity contribution in [3.63, 3.8) is 0 Å². The van der Waals surface area contributed by atoms with Crippen molar-refractivity contribution in [1.29, 1.82) is 0 Å². The Morgan fingerprint density at radius 1 is 1.54 bits per heavy atom. The van der Waals surface area contributed by atoms with Gasteiger partial charge >= 0.3 is 0 Å². The summed E-state index contributed by atoms with van der Waals surface area (Å²) >= 11 is 0. The summed E-state index contributed by atoms with van der Waals surface area (Å²) in [4.78, 5) is 16.5. The first kappa shape index (κ1) is 11.7. The lowest BCUT2D eigenvalue weighted by molar-refractivity contribution is -0.127. The van der Waals surface area contributed by atoms with Gasteiger partial charge in [0.15, 0.2) is 0 Å². The van der Waals surface area contributed by atoms with E-state index in [1.807, 2.05) is 0 Å². The molecule has 72 valence electrons. The summed E-state index contributed by atoms with van der Waals surface area (Å²) in [5.41, 5.74) is 0. The van der Waals surface area contributed by atoms with Crippen molar-refractivity contribution in [3.8, 4) is 0 Å². The predicted octanol–water partition coefficient (Wildman–Crippen LogP) is 0.952. The molecule has 0 bridgehead atoms. The van der Waals surface area contributed by atoms with Crippen molar-refractivity contribution in [2.24, 2.45) is 4.99 Å². The van der Waals surface area contributed by atoms with Gasteiger partial charge in [-0.25, -0.2) is 0 Å². The van der Waals surface area contributed by atoms with E-state index in [9.17, 15) is 4.79 Å². The highest BCUT2D eigenvalue weighted by molar-refractivity contribution is 5.91. The summed E-state index contributed by atoms with van der Waals surface area (Å²) in [5, 5.41) is 0. The lowest BCUT2D eigenvalue weighted by atomic mass is 10.4. The monoisotopic (exact) mass is 202 g/mol. The van der Waals surface area contributed by atoms with Crippen LogP contribution in [-0.4, -0.2) is 31.1 Å². The summed E-state index contributed by atoms with van der Waals surface area (Å²) in [7, 11) is 3.32. The topological polar surface area (TPSA) is 41.9 Å². The zero-order valence-corrected chi connectivity index (χ0v) is 8.25. The van der Waals surface area contributed by atoms with Crippen LogP contribution in [0.15, 0.2) is 29.3 Å². The summed E-state index contributed by atoms with van der Waals surface area (Å²) in [5.74, 6) is 0.0312. The fourth-order valence-electron chi connectivity index (χ4n) is 0.665. The van der Waals surface area contributed by atoms with Crippen LogP contribution in [0.3, 0.4) is 0 Å². The number of rotatable bonds is 1. The molecular weight excluding hydrogens is 192 g/mol. The van der Waals surface area contributed by atoms with Crippen LogP contribution in [0.25, 0.3) is 0 Å². The third-order valence-electron chi connectivity index (χ3n) is 1.25. The Morgan fingerprint density at radius 3 is 2.85 bits per heavy atom. The smallest absolute Gasteiger partial charge is 0.290 e. The van der Waals surface area contributed by atoms with E-state index in [0.717, 1.165) is 0 Å². The van der Waals surface area contributed by atoms with Crippen LogP contribution in [0.4, 0.5) is 0 Å². The number of hydrogen-bond donors (Lipinski definition) is 0. The molecule has 1 heterocycles. The third-order valence-corrected chi connectivity index (χ3v) is 1.25. The summed E-state index contributed by atoms with van der Waals surface area (Å²) in [6, 6.07) is 0. The maximum atomic E-state index is 11.3. The number of allylic oxidation sites excluding steroid dienone is 1. The van der Waals surface area contributed by atoms with Crippen LogP contribution in [0, 0.1) is 0 Å². The van der Waals surface area contributed by atoms with Gasteiger partial charge in [-0.05, 0) is 6.08 Å². The molecule has 13 heavy (non-hydrogen) atoms. The molecule has 0 aromatic rings. The molecule has 5 heteroatoms. The van der Waals surface area contributed by atoms with Gasteiger partial charge in [0, 0.05) is 20.3 Å². The fourth-order valence-corrected chi connectivity index (χ4v) is 0.665. The second-order valence-corrected chi connectivity index (χ2v) is 2.44. The molecule has 0 aliphatic carbocycles. The minimum Gasteiger partial charge on any atom is -0.457 e. The van der Waals surface area contributed by atoms with Gasteiger partial charge in [-0.2, -0.15) is 0 Å². The normalized spacial score (nSPS) is 13.5. The Balaban J connectivity index is 0.00000144. The van der Waals surface area contributed by atoms with Crippen molar-refractivity contribution in [2.75, 3.05) is 14.1 Å². The first-order chi connectivity index (χ1) is 5.72. The number of likely N-dealkylation sites (N-methyl/N-ethyl adjacent to an activating group) is 1. The van der Waals surface area contributed by atoms with E-state index in [1.54, 1.807) is 26.4 Å². The van der Waals surface area contributed by atoms with E-state index in [4.69, 9.17) is 4.74 Å². The Labute approximate surface area is 83.0 Å². The first-order valence-corrected chi connectivity index (χ1v) is 3.48. The highest BCUT2D eigenvalue weighted by Crippen LogP contribution is 2.04. The minimum atomic E-state index is -0.196. The summed E-state index contributed by atoms with van der Waals surface area (Å²) < 4.78 is 4.99. The Kier molecular flexibility index (Phi) is 4.84. The number of aliphatic imine (C=N–C) groups is 1. The van der Waals surface area contributed by atoms with Gasteiger partial charge in [0.2, 0.25) is 5.76 Å². The molecular formula is C8H11ClN2O2. The van der Waals surface area contributed by atoms with Gasteiger partial charge in [-0.15, -0.1) is 12.4 Å². The zero-order valence-electron chi connectivity index (χ0n) is 7.43. The molecule has 0 atom stereocenters. The number of halogens is 1. The summed E-state index contributed by atoms with van der Waals surface area (Å²) in [6.07, 6.45) is 5.98. The van der Waals surface area contributed by atoms with E-state index in [2.05, 4.69) is 4.99 Å². The Hall–Kier alpha value is -1.29. The molecule has 1 aliphatic heterocycles. The number of amides is 1. The molecule has 0 unspecified atom stereocenters. The van der Waals surface area contributed by atoms with Crippen LogP contribution in [0.2, 0.25) is 0 Å². The van der Waals surface area contributed by atoms with E-state index in [0.29, 0.717) is 0 Å². The Morgan fingerprint density at radius 2 is 2.23 bits per heavy atom. The maximum Gasteiger partial charge on any atom is 0.290 e. The minimum absolute atomic E-state index is 0. The molecule has 0 spiro atoms. The SMILES string of the molecule is CN(C)C(=O)C1=CN=CC=CO1.Cl. The molecule has 4 nitrogen and oxygen atoms in total. The lowest BCUT2D eigenvalue weighted by Crippen LogP contribution is -2.23. The maximum absolute atomic E-state index is 11.3. The molecule has 0 N–H and O–H groups in total. The predicted molar refractivity (Wildman–Crippen MR) is 52.7 cm³/mol. The van der Waals surface area contributed by atoms with Crippen LogP contribution in [-0.2, 0) is 9.53 Å². The second-order valence-electron chi connectivity index (χ2n) is 2.44. The van der Waals surface area contributed by atoms with E-state index in [-0.39, 0.29) is 24.1 Å². The molecule has 0 aromatic carbocycles. The molecule has 0 fully saturated rings. The van der Waals surface area contributed by atoms with Crippen LogP contribution >= 0.6 is 12.4 Å². The van der Waals surface area contributed by atoms with E-state index < -0.39 is 0 Å². The van der Waals surface area contributed by atoms with Crippen molar-refractivity contribution >= 4 is 24.5 Å². The second kappa shape index (κ2) is 5.37. The number of hydrogen-bond acceptors (Lipinski definition) is 3. The molecule has 1 aliphatic rings. The van der Waals surface area contributed by atoms with E-state index in [1.165, 1.54) is 17.4 Å². The van der Waals surface area contributed by atoms with Gasteiger partial charge in [-0.3, -0.25) is 9.79 Å². The van der Waals surface area contributed by atoms with Gasteiger partial charge in [0.05, 0.1) is 12.5 Å². The highest BCUT2D eigenvalue weighted by atomic mass is 35.5. The summed E-state index contributed by atoms with van der Waals surface area (Å²) in [6.45, 7) is 0. The first-order valence-electron chi connectivity index (χ1n) is 3.48. The standard InChI is InChI=1S/C8H10N2O2.ClH/c1-10(2)8(11)7-6-9-4-3-5-12-7;/h3-6H,1-2H3;1H. The molecule has 0 aromatic heterocycles. The molecule has 0 saturated heterocycles. The number of nitrogens with zero attached hydrogens (tertiary/aromatic N) is 2. The number of carbonyl (C=O) groups excluding carboxylic acids is 1. The van der Waals surface area contributed by atoms with Crippen molar-refractivity contribution in [1.82, 2.24) is 4.90 Å². The lowest BCUT2D eigenvalue weighted by Gasteiger charge is -2.10. The number of carbonyl (C=O) groups is 1. The van der Waals surface area contributed by atoms with Gasteiger partial charge in [-0.1, -0.05) is 0 Å². The van der Waals surface area contributed by atoms with Gasteiger partial charge in [0.1, 0.15) is 0 Å². The average Bonchev–Trinajstić information content (AvgIpc) is 2.30. The largest absolute Gasteiger partial charge is 0.457 e. The quantitative estimate of drug-likeness (QED) is 0.636. The molecule has 1 rings (SSSR count). The average molecular weight is 203 g/mol. The van der Waals surface area contributed by atoms with Crippen LogP contribution in [0.1, 0.15) is 0 Å². The van der Waals surface area contributed by atoms with Crippen molar-refractivity contribution in [2.45, 2.75) is 0 Å². The Bertz CT molecular complexity index is 269. The number of ether oxygens (including phenoxy) is 1. The molecule has 0 saturated carbocycles. The van der Waals surface area contributed by atoms with Crippen LogP contribution in [0.5, 0.6) is 0 Å². The fraction of sp³-hybridized carbons (Fsp3) is 0.250. The highest BCUT2D eigenvalue weighted by Gasteiger charge is 2.12. The van der Waals surface area contributed by atoms with Crippen molar-refractivity contribution in [3.05, 3.63) is 24.3 Å². The molecule has 1 amide bonds. The van der Waals surface area contributed by atoms with E-state index >= 15 is 0 Å². The van der Waals surface area contributed by atoms with Crippen LogP contribution < -0.4 is 0 Å². The van der Waals surface area contributed by atoms with Crippen molar-refractivity contribution < 1.29 is 9.53 Å². The third kappa shape index (κ3) is 3.29. The van der Waals surface area contributed by atoms with Gasteiger partial charge < -0.3 is 9.64 Å². The zero-order chi connectivity index (χ0) is 8.97. The van der Waals surface area contributed by atoms with Gasteiger partial charge in [0.25, 0.3) is 5.91 Å².